The molecule has 1 N–H and O–H groups in total. The molecule has 0 fully saturated rings. The normalized spacial score (nSPS) is 10.6. The maximum atomic E-state index is 12.4. The molecule has 0 saturated carbocycles. The van der Waals surface area contributed by atoms with E-state index < -0.39 is 5.91 Å². The Bertz CT molecular complexity index is 872. The number of amides is 1. The van der Waals surface area contributed by atoms with E-state index >= 15 is 0 Å². The first-order valence-corrected chi connectivity index (χ1v) is 7.21. The van der Waals surface area contributed by atoms with E-state index in [-0.39, 0.29) is 5.76 Å². The number of fused-ring (bicyclic) bond motifs is 1. The SMILES string of the molecule is COc1ccc(Cl)cc1NC(=O)c1cc2cccc(OC)c2o1. The minimum Gasteiger partial charge on any atom is -0.495 e. The third-order valence-electron chi connectivity index (χ3n) is 3.36. The minimum absolute atomic E-state index is 0.173. The first-order chi connectivity index (χ1) is 11.1. The van der Waals surface area contributed by atoms with E-state index in [4.69, 9.17) is 25.5 Å². The first kappa shape index (κ1) is 15.2. The third kappa shape index (κ3) is 2.96. The van der Waals surface area contributed by atoms with Crippen LogP contribution >= 0.6 is 11.6 Å². The van der Waals surface area contributed by atoms with Crippen LogP contribution in [-0.2, 0) is 0 Å². The summed E-state index contributed by atoms with van der Waals surface area (Å²) in [5.41, 5.74) is 0.996. The predicted octanol–water partition coefficient (Wildman–Crippen LogP) is 4.36. The molecule has 0 radical (unpaired) electrons. The van der Waals surface area contributed by atoms with Crippen molar-refractivity contribution >= 4 is 34.2 Å². The number of halogens is 1. The molecule has 0 atom stereocenters. The molecule has 0 aliphatic carbocycles. The second-order valence-corrected chi connectivity index (χ2v) is 5.22. The number of hydrogen-bond donors (Lipinski definition) is 1. The number of para-hydroxylation sites is 1. The average Bonchev–Trinajstić information content (AvgIpc) is 2.99. The lowest BCUT2D eigenvalue weighted by Crippen LogP contribution is -2.11. The van der Waals surface area contributed by atoms with Gasteiger partial charge in [0.25, 0.3) is 5.91 Å². The van der Waals surface area contributed by atoms with E-state index in [1.54, 1.807) is 37.4 Å². The molecular formula is C17H14ClNO4. The Labute approximate surface area is 137 Å². The van der Waals surface area contributed by atoms with Crippen molar-refractivity contribution in [3.63, 3.8) is 0 Å². The van der Waals surface area contributed by atoms with Crippen LogP contribution < -0.4 is 14.8 Å². The first-order valence-electron chi connectivity index (χ1n) is 6.84. The van der Waals surface area contributed by atoms with Crippen LogP contribution in [0.4, 0.5) is 5.69 Å². The van der Waals surface area contributed by atoms with Crippen LogP contribution in [0.2, 0.25) is 5.02 Å². The molecule has 0 aliphatic rings. The van der Waals surface area contributed by atoms with E-state index in [1.165, 1.54) is 7.11 Å². The van der Waals surface area contributed by atoms with E-state index in [0.717, 1.165) is 5.39 Å². The van der Waals surface area contributed by atoms with Crippen LogP contribution in [0.25, 0.3) is 11.0 Å². The summed E-state index contributed by atoms with van der Waals surface area (Å²) < 4.78 is 16.1. The van der Waals surface area contributed by atoms with Gasteiger partial charge in [-0.05, 0) is 30.3 Å². The standard InChI is InChI=1S/C17H14ClNO4/c1-21-13-7-6-11(18)9-12(13)19-17(20)15-8-10-4-3-5-14(22-2)16(10)23-15/h3-9H,1-2H3,(H,19,20). The molecule has 0 saturated heterocycles. The van der Waals surface area contributed by atoms with Gasteiger partial charge in [0.1, 0.15) is 5.75 Å². The summed E-state index contributed by atoms with van der Waals surface area (Å²) in [5, 5.41) is 4.01. The largest absolute Gasteiger partial charge is 0.495 e. The number of rotatable bonds is 4. The van der Waals surface area contributed by atoms with E-state index in [0.29, 0.717) is 27.8 Å². The summed E-state index contributed by atoms with van der Waals surface area (Å²) in [4.78, 5) is 12.4. The maximum Gasteiger partial charge on any atom is 0.291 e. The second kappa shape index (κ2) is 6.22. The lowest BCUT2D eigenvalue weighted by Gasteiger charge is -2.09. The Morgan fingerprint density at radius 2 is 1.87 bits per heavy atom. The number of anilines is 1. The van der Waals surface area contributed by atoms with Crippen LogP contribution in [0.15, 0.2) is 46.9 Å². The van der Waals surface area contributed by atoms with Crippen molar-refractivity contribution in [2.75, 3.05) is 19.5 Å². The summed E-state index contributed by atoms with van der Waals surface area (Å²) in [5.74, 6) is 0.855. The zero-order valence-corrected chi connectivity index (χ0v) is 13.3. The maximum absolute atomic E-state index is 12.4. The van der Waals surface area contributed by atoms with E-state index in [9.17, 15) is 4.79 Å². The fraction of sp³-hybridized carbons (Fsp3) is 0.118. The van der Waals surface area contributed by atoms with Gasteiger partial charge in [-0.2, -0.15) is 0 Å². The zero-order chi connectivity index (χ0) is 16.4. The summed E-state index contributed by atoms with van der Waals surface area (Å²) in [6, 6.07) is 12.1. The summed E-state index contributed by atoms with van der Waals surface area (Å²) in [6.07, 6.45) is 0. The Hall–Kier alpha value is -2.66. The molecule has 6 heteroatoms. The Balaban J connectivity index is 1.94. The molecule has 1 heterocycles. The Kier molecular flexibility index (Phi) is 4.12. The number of nitrogens with one attached hydrogen (secondary N) is 1. The average molecular weight is 332 g/mol. The summed E-state index contributed by atoms with van der Waals surface area (Å²) in [7, 11) is 3.07. The highest BCUT2D eigenvalue weighted by Gasteiger charge is 2.16. The Morgan fingerprint density at radius 3 is 2.61 bits per heavy atom. The fourth-order valence-electron chi connectivity index (χ4n) is 2.27. The minimum atomic E-state index is -0.399. The fourth-order valence-corrected chi connectivity index (χ4v) is 2.44. The molecule has 1 aromatic heterocycles. The van der Waals surface area contributed by atoms with Crippen LogP contribution in [0.1, 0.15) is 10.6 Å². The van der Waals surface area contributed by atoms with Crippen molar-refractivity contribution in [2.24, 2.45) is 0 Å². The molecule has 2 aromatic carbocycles. The van der Waals surface area contributed by atoms with Gasteiger partial charge in [0.2, 0.25) is 0 Å². The molecule has 1 amide bonds. The van der Waals surface area contributed by atoms with Gasteiger partial charge < -0.3 is 19.2 Å². The van der Waals surface area contributed by atoms with E-state index in [1.807, 2.05) is 12.1 Å². The highest BCUT2D eigenvalue weighted by Crippen LogP contribution is 2.31. The summed E-state index contributed by atoms with van der Waals surface area (Å²) >= 11 is 5.96. The van der Waals surface area contributed by atoms with Crippen molar-refractivity contribution in [2.45, 2.75) is 0 Å². The molecule has 118 valence electrons. The Morgan fingerprint density at radius 1 is 1.09 bits per heavy atom. The number of benzene rings is 2. The van der Waals surface area contributed by atoms with Gasteiger partial charge in [-0.1, -0.05) is 23.7 Å². The molecule has 3 aromatic rings. The van der Waals surface area contributed by atoms with Gasteiger partial charge in [0.05, 0.1) is 19.9 Å². The van der Waals surface area contributed by atoms with Gasteiger partial charge in [-0.15, -0.1) is 0 Å². The van der Waals surface area contributed by atoms with Crippen molar-refractivity contribution < 1.29 is 18.7 Å². The third-order valence-corrected chi connectivity index (χ3v) is 3.60. The second-order valence-electron chi connectivity index (χ2n) is 4.79. The monoisotopic (exact) mass is 331 g/mol. The van der Waals surface area contributed by atoms with Crippen LogP contribution in [0.3, 0.4) is 0 Å². The van der Waals surface area contributed by atoms with Crippen molar-refractivity contribution in [3.8, 4) is 11.5 Å². The molecular weight excluding hydrogens is 318 g/mol. The summed E-state index contributed by atoms with van der Waals surface area (Å²) in [6.45, 7) is 0. The molecule has 0 spiro atoms. The molecule has 0 aliphatic heterocycles. The number of methoxy groups -OCH3 is 2. The molecule has 23 heavy (non-hydrogen) atoms. The quantitative estimate of drug-likeness (QED) is 0.771. The van der Waals surface area contributed by atoms with Crippen molar-refractivity contribution in [1.82, 2.24) is 0 Å². The highest BCUT2D eigenvalue weighted by atomic mass is 35.5. The van der Waals surface area contributed by atoms with Gasteiger partial charge in [-0.3, -0.25) is 4.79 Å². The van der Waals surface area contributed by atoms with Crippen LogP contribution in [0, 0.1) is 0 Å². The predicted molar refractivity (Wildman–Crippen MR) is 88.7 cm³/mol. The van der Waals surface area contributed by atoms with Gasteiger partial charge >= 0.3 is 0 Å². The molecule has 0 bridgehead atoms. The highest BCUT2D eigenvalue weighted by molar-refractivity contribution is 6.31. The van der Waals surface area contributed by atoms with Gasteiger partial charge in [0, 0.05) is 10.4 Å². The topological polar surface area (TPSA) is 60.7 Å². The lowest BCUT2D eigenvalue weighted by molar-refractivity contribution is 0.0998. The number of carbonyl (C=O) groups excluding carboxylic acids is 1. The lowest BCUT2D eigenvalue weighted by atomic mass is 10.2. The molecule has 5 nitrogen and oxygen atoms in total. The number of ether oxygens (including phenoxy) is 2. The van der Waals surface area contributed by atoms with Gasteiger partial charge in [-0.25, -0.2) is 0 Å². The van der Waals surface area contributed by atoms with Crippen molar-refractivity contribution in [1.29, 1.82) is 0 Å². The van der Waals surface area contributed by atoms with Crippen molar-refractivity contribution in [3.05, 3.63) is 53.2 Å². The smallest absolute Gasteiger partial charge is 0.291 e. The molecule has 3 rings (SSSR count). The number of furan rings is 1. The number of carbonyl (C=O) groups is 1. The van der Waals surface area contributed by atoms with E-state index in [2.05, 4.69) is 5.32 Å². The van der Waals surface area contributed by atoms with Crippen LogP contribution in [0.5, 0.6) is 11.5 Å². The number of hydrogen-bond acceptors (Lipinski definition) is 4. The molecule has 0 unspecified atom stereocenters. The van der Waals surface area contributed by atoms with Crippen LogP contribution in [-0.4, -0.2) is 20.1 Å². The zero-order valence-electron chi connectivity index (χ0n) is 12.6. The van der Waals surface area contributed by atoms with Gasteiger partial charge in [0.15, 0.2) is 17.1 Å².